The zero-order chi connectivity index (χ0) is 12.9. The van der Waals surface area contributed by atoms with Crippen LogP contribution < -0.4 is 17.0 Å². The van der Waals surface area contributed by atoms with Crippen LogP contribution in [0.15, 0.2) is 24.3 Å². The minimum absolute atomic E-state index is 0. The second-order valence-electron chi connectivity index (χ2n) is 4.97. The van der Waals surface area contributed by atoms with Gasteiger partial charge in [-0.25, -0.2) is 0 Å². The molecule has 0 nitrogen and oxygen atoms in total. The maximum absolute atomic E-state index is 13.3. The molecule has 0 spiro atoms. The van der Waals surface area contributed by atoms with E-state index in [1.807, 2.05) is 13.0 Å². The average molecular weight is 351 g/mol. The van der Waals surface area contributed by atoms with Crippen LogP contribution in [0.2, 0.25) is 0 Å². The first-order valence-corrected chi connectivity index (χ1v) is 7.32. The van der Waals surface area contributed by atoms with Crippen LogP contribution in [0.3, 0.4) is 0 Å². The van der Waals surface area contributed by atoms with Gasteiger partial charge in [0.05, 0.1) is 10.5 Å². The Hall–Kier alpha value is -0.550. The number of fused-ring (bicyclic) bond motifs is 1. The van der Waals surface area contributed by atoms with E-state index in [4.69, 9.17) is 0 Å². The Morgan fingerprint density at radius 3 is 2.37 bits per heavy atom. The molecule has 19 heavy (non-hydrogen) atoms. The molecule has 1 aliphatic rings. The fourth-order valence-corrected chi connectivity index (χ4v) is 4.68. The molecule has 1 heterocycles. The van der Waals surface area contributed by atoms with E-state index in [0.29, 0.717) is 9.58 Å². The molecule has 1 aromatic heterocycles. The summed E-state index contributed by atoms with van der Waals surface area (Å²) >= 11 is 0. The lowest BCUT2D eigenvalue weighted by Crippen LogP contribution is -3.00. The van der Waals surface area contributed by atoms with Crippen molar-refractivity contribution in [2.24, 2.45) is 0 Å². The number of rotatable bonds is 1. The largest absolute Gasteiger partial charge is 1.00 e. The summed E-state index contributed by atoms with van der Waals surface area (Å²) in [6.45, 7) is 1.92. The molecule has 0 saturated heterocycles. The lowest BCUT2D eigenvalue weighted by Gasteiger charge is -2.21. The smallest absolute Gasteiger partial charge is 0.600 e. The van der Waals surface area contributed by atoms with Crippen LogP contribution in [-0.4, -0.2) is 0 Å². The van der Waals surface area contributed by atoms with Crippen LogP contribution in [0.5, 0.6) is 0 Å². The van der Waals surface area contributed by atoms with Crippen molar-refractivity contribution < 1.29 is 30.2 Å². The standard InChI is InChI=1S/C14H14F3S.BrH/c1-9-5-6-12-11(7-9)8-13(10-3-2-4-10)18(12)14(15,16)17;/h5-8,10H,2-4H2,1H3;1H/q+1;/p-1. The molecule has 3 rings (SSSR count). The summed E-state index contributed by atoms with van der Waals surface area (Å²) < 4.78 is 40.3. The number of alkyl halides is 3. The van der Waals surface area contributed by atoms with Crippen LogP contribution in [0, 0.1) is 6.92 Å². The van der Waals surface area contributed by atoms with E-state index in [9.17, 15) is 13.2 Å². The van der Waals surface area contributed by atoms with Gasteiger partial charge in [0.1, 0.15) is 0 Å². The monoisotopic (exact) mass is 350 g/mol. The molecule has 1 saturated carbocycles. The summed E-state index contributed by atoms with van der Waals surface area (Å²) in [5, 5.41) is 0.776. The van der Waals surface area contributed by atoms with Gasteiger partial charge in [-0.1, -0.05) is 18.1 Å². The molecule has 0 aliphatic heterocycles. The maximum atomic E-state index is 13.3. The Balaban J connectivity index is 0.00000133. The Morgan fingerprint density at radius 2 is 1.84 bits per heavy atom. The molecular weight excluding hydrogens is 337 g/mol. The van der Waals surface area contributed by atoms with Gasteiger partial charge in [0.25, 0.3) is 0 Å². The number of halogens is 4. The van der Waals surface area contributed by atoms with Crippen LogP contribution >= 0.6 is 10.5 Å². The topological polar surface area (TPSA) is 0 Å². The Bertz CT molecular complexity index is 596. The quantitative estimate of drug-likeness (QED) is 0.693. The molecule has 5 heteroatoms. The molecule has 0 radical (unpaired) electrons. The highest BCUT2D eigenvalue weighted by atomic mass is 79.9. The SMILES string of the molecule is Cc1ccc2c(c1)cc(C1CCC1)[s+]2C(F)(F)F.[Br-]. The van der Waals surface area contributed by atoms with Gasteiger partial charge in [0, 0.05) is 17.4 Å². The number of aryl methyl sites for hydroxylation is 1. The molecule has 1 aliphatic carbocycles. The molecule has 1 unspecified atom stereocenters. The second-order valence-corrected chi connectivity index (χ2v) is 6.95. The fourth-order valence-electron chi connectivity index (χ4n) is 2.54. The maximum Gasteiger partial charge on any atom is 0.600 e. The Labute approximate surface area is 123 Å². The van der Waals surface area contributed by atoms with Crippen LogP contribution in [0.4, 0.5) is 13.2 Å². The highest BCUT2D eigenvalue weighted by Crippen LogP contribution is 2.56. The number of benzene rings is 1. The fraction of sp³-hybridized carbons (Fsp3) is 0.429. The minimum atomic E-state index is -4.14. The van der Waals surface area contributed by atoms with Gasteiger partial charge >= 0.3 is 5.51 Å². The van der Waals surface area contributed by atoms with Gasteiger partial charge in [0.15, 0.2) is 9.58 Å². The molecule has 1 aromatic carbocycles. The first-order chi connectivity index (χ1) is 8.47. The van der Waals surface area contributed by atoms with Gasteiger partial charge in [-0.3, -0.25) is 0 Å². The molecule has 0 amide bonds. The summed E-state index contributed by atoms with van der Waals surface area (Å²) in [5.74, 6) is 0.155. The highest BCUT2D eigenvalue weighted by Gasteiger charge is 2.50. The van der Waals surface area contributed by atoms with Crippen molar-refractivity contribution in [3.63, 3.8) is 0 Å². The van der Waals surface area contributed by atoms with Crippen molar-refractivity contribution in [2.75, 3.05) is 0 Å². The number of thiophene rings is 1. The van der Waals surface area contributed by atoms with Crippen LogP contribution in [-0.2, 0) is 5.51 Å². The van der Waals surface area contributed by atoms with Crippen LogP contribution in [0.25, 0.3) is 10.1 Å². The molecule has 0 bridgehead atoms. The third-order valence-electron chi connectivity index (χ3n) is 3.66. The summed E-state index contributed by atoms with van der Waals surface area (Å²) in [6, 6.07) is 7.10. The lowest BCUT2D eigenvalue weighted by molar-refractivity contribution is -0.0868. The van der Waals surface area contributed by atoms with E-state index in [1.54, 1.807) is 18.2 Å². The minimum Gasteiger partial charge on any atom is -1.00 e. The predicted octanol–water partition coefficient (Wildman–Crippen LogP) is 2.65. The molecule has 1 atom stereocenters. The van der Waals surface area contributed by atoms with Crippen molar-refractivity contribution in [2.45, 2.75) is 37.6 Å². The summed E-state index contributed by atoms with van der Waals surface area (Å²) in [4.78, 5) is 0.620. The predicted molar refractivity (Wildman–Crippen MR) is 69.1 cm³/mol. The summed E-state index contributed by atoms with van der Waals surface area (Å²) in [5.41, 5.74) is -3.12. The van der Waals surface area contributed by atoms with Gasteiger partial charge < -0.3 is 17.0 Å². The first kappa shape index (κ1) is 14.9. The van der Waals surface area contributed by atoms with E-state index in [-0.39, 0.29) is 22.9 Å². The van der Waals surface area contributed by atoms with E-state index in [0.717, 1.165) is 30.2 Å². The van der Waals surface area contributed by atoms with Gasteiger partial charge in [0.2, 0.25) is 0 Å². The zero-order valence-corrected chi connectivity index (χ0v) is 12.8. The van der Waals surface area contributed by atoms with Gasteiger partial charge in [-0.2, -0.15) is 0 Å². The number of hydrogen-bond donors (Lipinski definition) is 0. The Kier molecular flexibility index (Phi) is 3.98. The van der Waals surface area contributed by atoms with E-state index in [2.05, 4.69) is 0 Å². The van der Waals surface area contributed by atoms with Gasteiger partial charge in [-0.15, -0.1) is 13.2 Å². The van der Waals surface area contributed by atoms with E-state index in [1.165, 1.54) is 0 Å². The lowest BCUT2D eigenvalue weighted by atomic mass is 9.84. The van der Waals surface area contributed by atoms with Gasteiger partial charge in [-0.05, 0) is 31.9 Å². The van der Waals surface area contributed by atoms with Crippen molar-refractivity contribution in [3.05, 3.63) is 34.7 Å². The average Bonchev–Trinajstić information content (AvgIpc) is 2.51. The summed E-state index contributed by atoms with van der Waals surface area (Å²) in [7, 11) is -1.68. The highest BCUT2D eigenvalue weighted by molar-refractivity contribution is 7.38. The number of hydrogen-bond acceptors (Lipinski definition) is 0. The summed E-state index contributed by atoms with van der Waals surface area (Å²) in [6.07, 6.45) is 2.89. The van der Waals surface area contributed by atoms with Crippen molar-refractivity contribution in [1.82, 2.24) is 0 Å². The molecule has 2 aromatic rings. The Morgan fingerprint density at radius 1 is 1.16 bits per heavy atom. The molecule has 104 valence electrons. The molecule has 1 fully saturated rings. The third kappa shape index (κ3) is 2.55. The molecular formula is C14H14BrF3S. The van der Waals surface area contributed by atoms with E-state index >= 15 is 0 Å². The van der Waals surface area contributed by atoms with E-state index < -0.39 is 16.0 Å². The van der Waals surface area contributed by atoms with Crippen molar-refractivity contribution in [3.8, 4) is 0 Å². The van der Waals surface area contributed by atoms with Crippen molar-refractivity contribution in [1.29, 1.82) is 0 Å². The third-order valence-corrected chi connectivity index (χ3v) is 5.85. The normalized spacial score (nSPS) is 17.2. The first-order valence-electron chi connectivity index (χ1n) is 6.10. The van der Waals surface area contributed by atoms with Crippen molar-refractivity contribution >= 4 is 20.6 Å². The molecule has 0 N–H and O–H groups in total. The second kappa shape index (κ2) is 5.09. The zero-order valence-electron chi connectivity index (χ0n) is 10.4. The van der Waals surface area contributed by atoms with Crippen LogP contribution in [0.1, 0.15) is 35.6 Å².